The lowest BCUT2D eigenvalue weighted by Gasteiger charge is -2.36. The summed E-state index contributed by atoms with van der Waals surface area (Å²) in [5, 5.41) is 13.7. The number of non-ortho nitro benzene ring substituents is 1. The maximum atomic E-state index is 13.8. The summed E-state index contributed by atoms with van der Waals surface area (Å²) in [6, 6.07) is 14.3. The number of halogens is 3. The molecule has 0 spiro atoms. The monoisotopic (exact) mass is 548 g/mol. The van der Waals surface area contributed by atoms with Crippen molar-refractivity contribution >= 4 is 46.5 Å². The summed E-state index contributed by atoms with van der Waals surface area (Å²) >= 11 is 0. The lowest BCUT2D eigenvalue weighted by Crippen LogP contribution is -2.50. The van der Waals surface area contributed by atoms with E-state index in [1.165, 1.54) is 30.3 Å². The first kappa shape index (κ1) is 25.3. The van der Waals surface area contributed by atoms with Gasteiger partial charge in [-0.25, -0.2) is 4.90 Å². The highest BCUT2D eigenvalue weighted by Gasteiger charge is 2.64. The molecule has 40 heavy (non-hydrogen) atoms. The van der Waals surface area contributed by atoms with Gasteiger partial charge in [0.25, 0.3) is 5.69 Å². The number of para-hydroxylation sites is 1. The van der Waals surface area contributed by atoms with Crippen LogP contribution in [0.4, 0.5) is 35.9 Å². The van der Waals surface area contributed by atoms with Crippen LogP contribution in [0, 0.1) is 22.0 Å². The van der Waals surface area contributed by atoms with E-state index in [1.807, 2.05) is 6.07 Å². The molecule has 3 aliphatic heterocycles. The van der Waals surface area contributed by atoms with Crippen molar-refractivity contribution < 1.29 is 32.5 Å². The van der Waals surface area contributed by atoms with E-state index >= 15 is 0 Å². The van der Waals surface area contributed by atoms with Crippen LogP contribution in [0.1, 0.15) is 11.1 Å². The Balaban J connectivity index is 1.41. The van der Waals surface area contributed by atoms with Gasteiger partial charge >= 0.3 is 6.18 Å². The molecular weight excluding hydrogens is 529 g/mol. The number of benzene rings is 3. The number of fused-ring (bicyclic) bond motifs is 5. The average molecular weight is 548 g/mol. The van der Waals surface area contributed by atoms with E-state index in [2.05, 4.69) is 5.32 Å². The first-order valence-electron chi connectivity index (χ1n) is 12.2. The minimum atomic E-state index is -4.68. The highest BCUT2D eigenvalue weighted by atomic mass is 19.4. The van der Waals surface area contributed by atoms with Gasteiger partial charge in [-0.15, -0.1) is 0 Å². The number of nitro benzene ring substituents is 1. The Labute approximate surface area is 224 Å². The summed E-state index contributed by atoms with van der Waals surface area (Å²) < 4.78 is 40.2. The molecule has 0 aromatic heterocycles. The Kier molecular flexibility index (Phi) is 5.71. The Morgan fingerprint density at radius 1 is 0.925 bits per heavy atom. The molecule has 12 heteroatoms. The molecule has 9 nitrogen and oxygen atoms in total. The molecule has 3 aromatic carbocycles. The topological polar surface area (TPSA) is 113 Å². The third-order valence-corrected chi connectivity index (χ3v) is 7.46. The first-order valence-corrected chi connectivity index (χ1v) is 12.2. The van der Waals surface area contributed by atoms with Gasteiger partial charge in [-0.3, -0.25) is 24.5 Å². The molecule has 2 fully saturated rings. The zero-order chi connectivity index (χ0) is 28.3. The number of amides is 3. The number of imide groups is 1. The van der Waals surface area contributed by atoms with Crippen LogP contribution in [0.3, 0.4) is 0 Å². The number of nitrogens with one attached hydrogen (secondary N) is 1. The van der Waals surface area contributed by atoms with E-state index in [0.29, 0.717) is 5.69 Å². The molecule has 3 amide bonds. The molecular formula is C28H19F3N4O5. The molecule has 0 saturated carbocycles. The van der Waals surface area contributed by atoms with Crippen LogP contribution < -0.4 is 15.1 Å². The second kappa shape index (κ2) is 9.04. The zero-order valence-electron chi connectivity index (χ0n) is 20.4. The van der Waals surface area contributed by atoms with Crippen molar-refractivity contribution in [2.75, 3.05) is 15.1 Å². The molecule has 6 rings (SSSR count). The predicted molar refractivity (Wildman–Crippen MR) is 138 cm³/mol. The highest BCUT2D eigenvalue weighted by molar-refractivity contribution is 6.25. The number of hydrogen-bond donors (Lipinski definition) is 1. The minimum Gasteiger partial charge on any atom is -0.351 e. The molecule has 0 radical (unpaired) electrons. The largest absolute Gasteiger partial charge is 0.416 e. The number of alkyl halides is 3. The number of nitrogens with zero attached hydrogens (tertiary/aromatic N) is 3. The summed E-state index contributed by atoms with van der Waals surface area (Å²) in [7, 11) is 0. The molecule has 1 N–H and O–H groups in total. The number of hydrogen-bond acceptors (Lipinski definition) is 6. The van der Waals surface area contributed by atoms with Crippen LogP contribution in [0.25, 0.3) is 6.08 Å². The van der Waals surface area contributed by atoms with Gasteiger partial charge in [-0.05, 0) is 42.0 Å². The van der Waals surface area contributed by atoms with Gasteiger partial charge in [0.1, 0.15) is 6.04 Å². The third kappa shape index (κ3) is 3.91. The van der Waals surface area contributed by atoms with Gasteiger partial charge in [0.2, 0.25) is 17.7 Å². The fourth-order valence-corrected chi connectivity index (χ4v) is 5.77. The fourth-order valence-electron chi connectivity index (χ4n) is 5.77. The van der Waals surface area contributed by atoms with E-state index in [0.717, 1.165) is 28.7 Å². The van der Waals surface area contributed by atoms with Crippen molar-refractivity contribution in [1.82, 2.24) is 0 Å². The van der Waals surface area contributed by atoms with Crippen LogP contribution in [0.5, 0.6) is 0 Å². The number of carbonyl (C=O) groups is 3. The van der Waals surface area contributed by atoms with Crippen molar-refractivity contribution in [2.24, 2.45) is 11.8 Å². The van der Waals surface area contributed by atoms with Crippen molar-refractivity contribution in [3.8, 4) is 0 Å². The number of nitro groups is 1. The third-order valence-electron chi connectivity index (χ3n) is 7.46. The molecule has 3 heterocycles. The second-order valence-corrected chi connectivity index (χ2v) is 9.67. The molecule has 0 bridgehead atoms. The minimum absolute atomic E-state index is 0.178. The van der Waals surface area contributed by atoms with E-state index in [4.69, 9.17) is 0 Å². The van der Waals surface area contributed by atoms with Crippen molar-refractivity contribution in [2.45, 2.75) is 18.3 Å². The van der Waals surface area contributed by atoms with Crippen LogP contribution in [-0.4, -0.2) is 34.7 Å². The van der Waals surface area contributed by atoms with E-state index < -0.39 is 58.3 Å². The Morgan fingerprint density at radius 3 is 2.33 bits per heavy atom. The molecule has 202 valence electrons. The number of anilines is 3. The molecule has 3 aliphatic rings. The average Bonchev–Trinajstić information content (AvgIpc) is 3.41. The number of rotatable bonds is 4. The maximum absolute atomic E-state index is 13.8. The standard InChI is InChI=1S/C28H19F3N4O5/c29-28(30,31)16-5-3-6-19(14-16)33-26(37)22-21-13-8-15-4-1-2-7-20(15)34(21)24(23(22)27(33)38)25(36)32-17-9-11-18(12-10-17)35(39)40/h1-14,21-24H,(H,32,36)/t21-,22+,23-,24+/m1/s1. The predicted octanol–water partition coefficient (Wildman–Crippen LogP) is 4.64. The Morgan fingerprint density at radius 2 is 1.62 bits per heavy atom. The quantitative estimate of drug-likeness (QED) is 0.289. The van der Waals surface area contributed by atoms with Gasteiger partial charge in [-0.1, -0.05) is 36.4 Å². The van der Waals surface area contributed by atoms with E-state index in [1.54, 1.807) is 35.3 Å². The molecule has 0 aliphatic carbocycles. The van der Waals surface area contributed by atoms with Gasteiger partial charge in [0.05, 0.1) is 34.1 Å². The molecule has 4 atom stereocenters. The van der Waals surface area contributed by atoms with Crippen LogP contribution in [-0.2, 0) is 20.6 Å². The fraction of sp³-hybridized carbons (Fsp3) is 0.179. The first-order chi connectivity index (χ1) is 19.1. The summed E-state index contributed by atoms with van der Waals surface area (Å²) in [6.07, 6.45) is -1.17. The SMILES string of the molecule is O=C(Nc1ccc([N+](=O)[O-])cc1)[C@@H]1[C@@H]2C(=O)N(c3cccc(C(F)(F)F)c3)C(=O)[C@H]2[C@H]2C=Cc3ccccc3N21. The number of carbonyl (C=O) groups excluding carboxylic acids is 3. The van der Waals surface area contributed by atoms with E-state index in [-0.39, 0.29) is 17.1 Å². The second-order valence-electron chi connectivity index (χ2n) is 9.67. The van der Waals surface area contributed by atoms with E-state index in [9.17, 15) is 37.7 Å². The molecule has 0 unspecified atom stereocenters. The summed E-state index contributed by atoms with van der Waals surface area (Å²) in [4.78, 5) is 54.2. The molecule has 2 saturated heterocycles. The van der Waals surface area contributed by atoms with Crippen molar-refractivity contribution in [3.63, 3.8) is 0 Å². The normalized spacial score (nSPS) is 23.1. The van der Waals surface area contributed by atoms with Gasteiger partial charge in [0.15, 0.2) is 0 Å². The van der Waals surface area contributed by atoms with Crippen LogP contribution in [0.2, 0.25) is 0 Å². The van der Waals surface area contributed by atoms with Crippen molar-refractivity contribution in [1.29, 1.82) is 0 Å². The summed E-state index contributed by atoms with van der Waals surface area (Å²) in [5.74, 6) is -4.33. The smallest absolute Gasteiger partial charge is 0.351 e. The van der Waals surface area contributed by atoms with Gasteiger partial charge < -0.3 is 10.2 Å². The lowest BCUT2D eigenvalue weighted by atomic mass is 9.88. The lowest BCUT2D eigenvalue weighted by molar-refractivity contribution is -0.384. The van der Waals surface area contributed by atoms with Crippen LogP contribution >= 0.6 is 0 Å². The Hall–Kier alpha value is -5.00. The molecule has 3 aromatic rings. The van der Waals surface area contributed by atoms with Crippen molar-refractivity contribution in [3.05, 3.63) is 100 Å². The van der Waals surface area contributed by atoms with Gasteiger partial charge in [0, 0.05) is 23.5 Å². The summed E-state index contributed by atoms with van der Waals surface area (Å²) in [6.45, 7) is 0. The zero-order valence-corrected chi connectivity index (χ0v) is 20.4. The Bertz CT molecular complexity index is 1600. The van der Waals surface area contributed by atoms with Crippen LogP contribution in [0.15, 0.2) is 78.9 Å². The highest BCUT2D eigenvalue weighted by Crippen LogP contribution is 2.49. The maximum Gasteiger partial charge on any atom is 0.416 e. The summed E-state index contributed by atoms with van der Waals surface area (Å²) in [5.41, 5.74) is 0.218. The van der Waals surface area contributed by atoms with Gasteiger partial charge in [-0.2, -0.15) is 13.2 Å².